The molecule has 0 aliphatic rings. The minimum absolute atomic E-state index is 0.115. The van der Waals surface area contributed by atoms with E-state index >= 15 is 0 Å². The molecule has 0 saturated heterocycles. The second kappa shape index (κ2) is 7.02. The van der Waals surface area contributed by atoms with Crippen molar-refractivity contribution in [3.8, 4) is 11.3 Å². The number of rotatable bonds is 4. The molecule has 3 rings (SSSR count). The van der Waals surface area contributed by atoms with Gasteiger partial charge in [0.15, 0.2) is 5.13 Å². The largest absolute Gasteiger partial charge is 0.302 e. The summed E-state index contributed by atoms with van der Waals surface area (Å²) in [6.07, 6.45) is 0.115. The molecule has 1 aromatic heterocycles. The number of amides is 1. The molecule has 0 fully saturated rings. The van der Waals surface area contributed by atoms with Crippen molar-refractivity contribution >= 4 is 38.3 Å². The first-order valence-corrected chi connectivity index (χ1v) is 8.53. The molecule has 1 amide bonds. The van der Waals surface area contributed by atoms with Gasteiger partial charge in [0.05, 0.1) is 12.1 Å². The number of carbonyl (C=O) groups excluding carboxylic acids is 1. The lowest BCUT2D eigenvalue weighted by molar-refractivity contribution is -0.115. The van der Waals surface area contributed by atoms with Crippen LogP contribution in [0.1, 0.15) is 5.56 Å². The molecule has 0 radical (unpaired) electrons. The quantitative estimate of drug-likeness (QED) is 0.688. The third-order valence-corrected chi connectivity index (χ3v) is 4.38. The molecule has 3 nitrogen and oxygen atoms in total. The maximum Gasteiger partial charge on any atom is 0.230 e. The fraction of sp³-hybridized carbons (Fsp3) is 0.0588. The number of thiazole rings is 1. The summed E-state index contributed by atoms with van der Waals surface area (Å²) >= 11 is 4.78. The molecule has 23 heavy (non-hydrogen) atoms. The van der Waals surface area contributed by atoms with Crippen molar-refractivity contribution in [1.82, 2.24) is 4.98 Å². The zero-order valence-corrected chi connectivity index (χ0v) is 14.3. The average Bonchev–Trinajstić information content (AvgIpc) is 2.95. The molecule has 0 aliphatic carbocycles. The Kier molecular flexibility index (Phi) is 4.83. The predicted octanol–water partition coefficient (Wildman–Crippen LogP) is 4.89. The van der Waals surface area contributed by atoms with Crippen LogP contribution in [0.2, 0.25) is 0 Å². The van der Waals surface area contributed by atoms with Gasteiger partial charge in [-0.05, 0) is 29.8 Å². The van der Waals surface area contributed by atoms with Crippen molar-refractivity contribution in [2.75, 3.05) is 5.32 Å². The van der Waals surface area contributed by atoms with Crippen LogP contribution in [-0.2, 0) is 11.2 Å². The molecule has 0 spiro atoms. The summed E-state index contributed by atoms with van der Waals surface area (Å²) in [5.41, 5.74) is 2.41. The standard InChI is InChI=1S/C17H12BrFN2OS/c18-13-5-2-4-12(9-13)15-10-23-17(20-15)21-16(22)8-11-3-1-6-14(19)7-11/h1-7,9-10H,8H2,(H,20,21,22). The Hall–Kier alpha value is -2.05. The number of halogens is 2. The lowest BCUT2D eigenvalue weighted by atomic mass is 10.1. The minimum atomic E-state index is -0.346. The normalized spacial score (nSPS) is 10.5. The summed E-state index contributed by atoms with van der Waals surface area (Å²) in [6.45, 7) is 0. The lowest BCUT2D eigenvalue weighted by Gasteiger charge is -2.02. The van der Waals surface area contributed by atoms with Gasteiger partial charge in [-0.25, -0.2) is 9.37 Å². The number of hydrogen-bond acceptors (Lipinski definition) is 3. The Balaban J connectivity index is 1.68. The third-order valence-electron chi connectivity index (χ3n) is 3.12. The molecule has 6 heteroatoms. The molecule has 1 heterocycles. The molecule has 0 atom stereocenters. The van der Waals surface area contributed by atoms with Crippen LogP contribution in [0.3, 0.4) is 0 Å². The molecule has 2 aromatic carbocycles. The van der Waals surface area contributed by atoms with Gasteiger partial charge in [-0.3, -0.25) is 4.79 Å². The van der Waals surface area contributed by atoms with Crippen LogP contribution in [0, 0.1) is 5.82 Å². The Morgan fingerprint density at radius 2 is 2.04 bits per heavy atom. The minimum Gasteiger partial charge on any atom is -0.302 e. The summed E-state index contributed by atoms with van der Waals surface area (Å²) in [7, 11) is 0. The van der Waals surface area contributed by atoms with Gasteiger partial charge in [-0.1, -0.05) is 40.2 Å². The summed E-state index contributed by atoms with van der Waals surface area (Å²) in [6, 6.07) is 13.8. The Morgan fingerprint density at radius 3 is 2.83 bits per heavy atom. The van der Waals surface area contributed by atoms with Crippen molar-refractivity contribution < 1.29 is 9.18 Å². The van der Waals surface area contributed by atoms with Crippen molar-refractivity contribution in [2.24, 2.45) is 0 Å². The van der Waals surface area contributed by atoms with Crippen LogP contribution in [0.15, 0.2) is 58.4 Å². The number of carbonyl (C=O) groups is 1. The molecule has 3 aromatic rings. The van der Waals surface area contributed by atoms with Gasteiger partial charge in [0.1, 0.15) is 5.82 Å². The highest BCUT2D eigenvalue weighted by atomic mass is 79.9. The highest BCUT2D eigenvalue weighted by molar-refractivity contribution is 9.10. The fourth-order valence-electron chi connectivity index (χ4n) is 2.11. The van der Waals surface area contributed by atoms with Crippen LogP contribution in [0.25, 0.3) is 11.3 Å². The van der Waals surface area contributed by atoms with Crippen LogP contribution >= 0.6 is 27.3 Å². The van der Waals surface area contributed by atoms with E-state index in [1.54, 1.807) is 12.1 Å². The first-order valence-electron chi connectivity index (χ1n) is 6.86. The van der Waals surface area contributed by atoms with E-state index in [0.29, 0.717) is 10.7 Å². The maximum absolute atomic E-state index is 13.1. The highest BCUT2D eigenvalue weighted by Gasteiger charge is 2.09. The lowest BCUT2D eigenvalue weighted by Crippen LogP contribution is -2.14. The van der Waals surface area contributed by atoms with Crippen molar-refractivity contribution in [3.63, 3.8) is 0 Å². The van der Waals surface area contributed by atoms with Crippen molar-refractivity contribution in [3.05, 3.63) is 69.8 Å². The van der Waals surface area contributed by atoms with Crippen LogP contribution in [-0.4, -0.2) is 10.9 Å². The Morgan fingerprint density at radius 1 is 1.22 bits per heavy atom. The fourth-order valence-corrected chi connectivity index (χ4v) is 3.24. The molecule has 0 bridgehead atoms. The number of nitrogens with one attached hydrogen (secondary N) is 1. The highest BCUT2D eigenvalue weighted by Crippen LogP contribution is 2.26. The van der Waals surface area contributed by atoms with E-state index in [4.69, 9.17) is 0 Å². The Bertz CT molecular complexity index is 850. The topological polar surface area (TPSA) is 42.0 Å². The smallest absolute Gasteiger partial charge is 0.230 e. The molecular weight excluding hydrogens is 379 g/mol. The summed E-state index contributed by atoms with van der Waals surface area (Å²) in [5.74, 6) is -0.563. The second-order valence-electron chi connectivity index (χ2n) is 4.90. The van der Waals surface area contributed by atoms with E-state index in [1.807, 2.05) is 29.6 Å². The van der Waals surface area contributed by atoms with E-state index in [-0.39, 0.29) is 18.1 Å². The summed E-state index contributed by atoms with van der Waals surface area (Å²) < 4.78 is 14.1. The van der Waals surface area contributed by atoms with Gasteiger partial charge in [-0.2, -0.15) is 0 Å². The Labute approximate surface area is 145 Å². The van der Waals surface area contributed by atoms with E-state index in [0.717, 1.165) is 15.7 Å². The van der Waals surface area contributed by atoms with Gasteiger partial charge in [0, 0.05) is 15.4 Å². The first-order chi connectivity index (χ1) is 11.1. The van der Waals surface area contributed by atoms with Crippen LogP contribution in [0.4, 0.5) is 9.52 Å². The van der Waals surface area contributed by atoms with E-state index in [2.05, 4.69) is 26.2 Å². The van der Waals surface area contributed by atoms with Gasteiger partial charge in [0.25, 0.3) is 0 Å². The summed E-state index contributed by atoms with van der Waals surface area (Å²) in [5, 5.41) is 5.17. The average molecular weight is 391 g/mol. The van der Waals surface area contributed by atoms with E-state index in [9.17, 15) is 9.18 Å². The number of benzene rings is 2. The molecule has 0 aliphatic heterocycles. The van der Waals surface area contributed by atoms with Gasteiger partial charge < -0.3 is 5.32 Å². The van der Waals surface area contributed by atoms with Gasteiger partial charge in [0.2, 0.25) is 5.91 Å². The zero-order valence-electron chi connectivity index (χ0n) is 11.9. The van der Waals surface area contributed by atoms with Gasteiger partial charge >= 0.3 is 0 Å². The van der Waals surface area contributed by atoms with Crippen LogP contribution in [0.5, 0.6) is 0 Å². The molecule has 1 N–H and O–H groups in total. The summed E-state index contributed by atoms with van der Waals surface area (Å²) in [4.78, 5) is 16.4. The van der Waals surface area contributed by atoms with Crippen molar-refractivity contribution in [1.29, 1.82) is 0 Å². The number of hydrogen-bond donors (Lipinski definition) is 1. The monoisotopic (exact) mass is 390 g/mol. The SMILES string of the molecule is O=C(Cc1cccc(F)c1)Nc1nc(-c2cccc(Br)c2)cs1. The first kappa shape index (κ1) is 15.8. The third kappa shape index (κ3) is 4.24. The number of nitrogens with zero attached hydrogens (tertiary/aromatic N) is 1. The maximum atomic E-state index is 13.1. The van der Waals surface area contributed by atoms with E-state index < -0.39 is 0 Å². The molecule has 0 saturated carbocycles. The molecule has 116 valence electrons. The number of aromatic nitrogens is 1. The molecular formula is C17H12BrFN2OS. The van der Waals surface area contributed by atoms with Crippen LogP contribution < -0.4 is 5.32 Å². The number of anilines is 1. The van der Waals surface area contributed by atoms with E-state index in [1.165, 1.54) is 23.5 Å². The second-order valence-corrected chi connectivity index (χ2v) is 6.68. The zero-order chi connectivity index (χ0) is 16.2. The predicted molar refractivity (Wildman–Crippen MR) is 94.0 cm³/mol. The van der Waals surface area contributed by atoms with Crippen molar-refractivity contribution in [2.45, 2.75) is 6.42 Å². The molecule has 0 unspecified atom stereocenters. The van der Waals surface area contributed by atoms with Gasteiger partial charge in [-0.15, -0.1) is 11.3 Å².